The first-order valence-corrected chi connectivity index (χ1v) is 9.00. The van der Waals surface area contributed by atoms with Crippen LogP contribution < -0.4 is 0 Å². The van der Waals surface area contributed by atoms with E-state index in [1.165, 1.54) is 12.3 Å². The molecule has 2 atom stereocenters. The van der Waals surface area contributed by atoms with Crippen molar-refractivity contribution in [2.24, 2.45) is 11.8 Å². The van der Waals surface area contributed by atoms with Gasteiger partial charge >= 0.3 is 0 Å². The van der Waals surface area contributed by atoms with Gasteiger partial charge in [0.15, 0.2) is 0 Å². The molecule has 2 saturated heterocycles. The van der Waals surface area contributed by atoms with Gasteiger partial charge in [-0.05, 0) is 24.8 Å². The molecule has 24 heavy (non-hydrogen) atoms. The lowest BCUT2D eigenvalue weighted by Crippen LogP contribution is -2.33. The Morgan fingerprint density at radius 3 is 2.71 bits per heavy atom. The van der Waals surface area contributed by atoms with Crippen LogP contribution in [-0.2, 0) is 6.54 Å². The molecule has 126 valence electrons. The summed E-state index contributed by atoms with van der Waals surface area (Å²) in [5.41, 5.74) is 1.52. The standard InChI is InChI=1S/C17H19FN4OS/c1-11-20-15(10-24-11)9-21-5-13-7-22(8-14(13)6-21)17(23)12-2-3-19-16(18)4-12/h2-4,10,13-14H,5-9H2,1H3. The van der Waals surface area contributed by atoms with Crippen molar-refractivity contribution in [2.45, 2.75) is 13.5 Å². The number of aromatic nitrogens is 2. The summed E-state index contributed by atoms with van der Waals surface area (Å²) in [6.45, 7) is 6.41. The molecule has 2 aromatic rings. The number of likely N-dealkylation sites (tertiary alicyclic amines) is 2. The number of halogens is 1. The average Bonchev–Trinajstić information content (AvgIpc) is 3.21. The molecule has 0 bridgehead atoms. The Kier molecular flexibility index (Phi) is 4.05. The predicted octanol–water partition coefficient (Wildman–Crippen LogP) is 2.19. The van der Waals surface area contributed by atoms with Crippen LogP contribution in [0.25, 0.3) is 0 Å². The summed E-state index contributed by atoms with van der Waals surface area (Å²) in [4.78, 5) is 24.8. The second kappa shape index (κ2) is 6.22. The zero-order chi connectivity index (χ0) is 16.7. The number of fused-ring (bicyclic) bond motifs is 1. The number of rotatable bonds is 3. The van der Waals surface area contributed by atoms with Crippen molar-refractivity contribution in [2.75, 3.05) is 26.2 Å². The molecular formula is C17H19FN4OS. The summed E-state index contributed by atoms with van der Waals surface area (Å²) < 4.78 is 13.2. The smallest absolute Gasteiger partial charge is 0.254 e. The average molecular weight is 346 g/mol. The van der Waals surface area contributed by atoms with Crippen molar-refractivity contribution in [3.63, 3.8) is 0 Å². The van der Waals surface area contributed by atoms with E-state index in [9.17, 15) is 9.18 Å². The van der Waals surface area contributed by atoms with Crippen molar-refractivity contribution >= 4 is 17.2 Å². The number of hydrogen-bond donors (Lipinski definition) is 0. The minimum atomic E-state index is -0.607. The lowest BCUT2D eigenvalue weighted by Gasteiger charge is -2.21. The molecule has 7 heteroatoms. The third-order valence-corrected chi connectivity index (χ3v) is 5.70. The molecule has 2 unspecified atom stereocenters. The second-order valence-corrected chi connectivity index (χ2v) is 7.71. The molecule has 4 heterocycles. The van der Waals surface area contributed by atoms with E-state index in [4.69, 9.17) is 0 Å². The Balaban J connectivity index is 1.36. The Morgan fingerprint density at radius 2 is 2.08 bits per heavy atom. The van der Waals surface area contributed by atoms with Crippen molar-refractivity contribution < 1.29 is 9.18 Å². The highest BCUT2D eigenvalue weighted by Crippen LogP contribution is 2.32. The van der Waals surface area contributed by atoms with Gasteiger partial charge < -0.3 is 4.90 Å². The van der Waals surface area contributed by atoms with Crippen molar-refractivity contribution in [1.82, 2.24) is 19.8 Å². The third kappa shape index (κ3) is 3.06. The van der Waals surface area contributed by atoms with E-state index in [1.54, 1.807) is 17.4 Å². The lowest BCUT2D eigenvalue weighted by atomic mass is 10.0. The van der Waals surface area contributed by atoms with E-state index in [-0.39, 0.29) is 5.91 Å². The molecule has 0 N–H and O–H groups in total. The molecule has 1 amide bonds. The zero-order valence-electron chi connectivity index (χ0n) is 13.5. The molecule has 0 aromatic carbocycles. The summed E-state index contributed by atoms with van der Waals surface area (Å²) in [5, 5.41) is 3.22. The highest BCUT2D eigenvalue weighted by Gasteiger charge is 2.41. The number of hydrogen-bond acceptors (Lipinski definition) is 5. The number of carbonyl (C=O) groups is 1. The van der Waals surface area contributed by atoms with Crippen LogP contribution in [0.5, 0.6) is 0 Å². The summed E-state index contributed by atoms with van der Waals surface area (Å²) in [7, 11) is 0. The maximum Gasteiger partial charge on any atom is 0.254 e. The normalized spacial score (nSPS) is 23.7. The summed E-state index contributed by atoms with van der Waals surface area (Å²) in [6, 6.07) is 2.80. The van der Waals surface area contributed by atoms with Crippen LogP contribution in [0.3, 0.4) is 0 Å². The molecule has 0 spiro atoms. The quantitative estimate of drug-likeness (QED) is 0.800. The first kappa shape index (κ1) is 15.7. The number of pyridine rings is 1. The largest absolute Gasteiger partial charge is 0.338 e. The van der Waals surface area contributed by atoms with Crippen molar-refractivity contribution in [1.29, 1.82) is 0 Å². The Labute approximate surface area is 144 Å². The molecule has 5 nitrogen and oxygen atoms in total. The highest BCUT2D eigenvalue weighted by atomic mass is 32.1. The highest BCUT2D eigenvalue weighted by molar-refractivity contribution is 7.09. The van der Waals surface area contributed by atoms with Crippen molar-refractivity contribution in [3.05, 3.63) is 45.9 Å². The SMILES string of the molecule is Cc1nc(CN2CC3CN(C(=O)c4ccnc(F)c4)CC3C2)cs1. The van der Waals surface area contributed by atoms with E-state index in [0.29, 0.717) is 17.4 Å². The Hall–Kier alpha value is -1.86. The molecule has 2 aromatic heterocycles. The Bertz CT molecular complexity index is 751. The van der Waals surface area contributed by atoms with Crippen LogP contribution >= 0.6 is 11.3 Å². The van der Waals surface area contributed by atoms with Gasteiger partial charge in [0.05, 0.1) is 10.7 Å². The minimum Gasteiger partial charge on any atom is -0.338 e. The van der Waals surface area contributed by atoms with Gasteiger partial charge in [0.1, 0.15) is 0 Å². The lowest BCUT2D eigenvalue weighted by molar-refractivity contribution is 0.0772. The fraction of sp³-hybridized carbons (Fsp3) is 0.471. The minimum absolute atomic E-state index is 0.0904. The fourth-order valence-corrected chi connectivity index (χ4v) is 4.42. The molecule has 4 rings (SSSR count). The topological polar surface area (TPSA) is 49.3 Å². The van der Waals surface area contributed by atoms with Crippen LogP contribution in [0, 0.1) is 24.7 Å². The van der Waals surface area contributed by atoms with Crippen molar-refractivity contribution in [3.8, 4) is 0 Å². The monoisotopic (exact) mass is 346 g/mol. The van der Waals surface area contributed by atoms with Gasteiger partial charge in [-0.15, -0.1) is 11.3 Å². The number of aryl methyl sites for hydroxylation is 1. The van der Waals surface area contributed by atoms with E-state index in [1.807, 2.05) is 11.8 Å². The van der Waals surface area contributed by atoms with E-state index < -0.39 is 5.95 Å². The van der Waals surface area contributed by atoms with Crippen LogP contribution in [0.1, 0.15) is 21.1 Å². The summed E-state index contributed by atoms with van der Waals surface area (Å²) in [6.07, 6.45) is 1.34. The Morgan fingerprint density at radius 1 is 1.33 bits per heavy atom. The summed E-state index contributed by atoms with van der Waals surface area (Å²) in [5.74, 6) is 0.304. The third-order valence-electron chi connectivity index (χ3n) is 4.87. The number of carbonyl (C=O) groups excluding carboxylic acids is 1. The van der Waals surface area contributed by atoms with Crippen LogP contribution in [0.2, 0.25) is 0 Å². The summed E-state index contributed by atoms with van der Waals surface area (Å²) >= 11 is 1.69. The van der Waals surface area contributed by atoms with Gasteiger partial charge in [-0.25, -0.2) is 9.97 Å². The number of thiazole rings is 1. The first-order valence-electron chi connectivity index (χ1n) is 8.12. The predicted molar refractivity (Wildman–Crippen MR) is 89.2 cm³/mol. The number of amides is 1. The first-order chi connectivity index (χ1) is 11.6. The maximum absolute atomic E-state index is 13.2. The molecule has 0 aliphatic carbocycles. The van der Waals surface area contributed by atoms with Gasteiger partial charge in [0.25, 0.3) is 5.91 Å². The van der Waals surface area contributed by atoms with Gasteiger partial charge in [-0.3, -0.25) is 9.69 Å². The number of nitrogens with zero attached hydrogens (tertiary/aromatic N) is 4. The fourth-order valence-electron chi connectivity index (χ4n) is 3.81. The maximum atomic E-state index is 13.2. The van der Waals surface area contributed by atoms with Gasteiger partial charge in [0.2, 0.25) is 5.95 Å². The zero-order valence-corrected chi connectivity index (χ0v) is 14.3. The van der Waals surface area contributed by atoms with Gasteiger partial charge in [-0.2, -0.15) is 4.39 Å². The molecule has 0 saturated carbocycles. The van der Waals surface area contributed by atoms with Crippen LogP contribution in [-0.4, -0.2) is 51.9 Å². The van der Waals surface area contributed by atoms with Gasteiger partial charge in [0, 0.05) is 55.9 Å². The molecule has 2 aliphatic rings. The molecule has 2 fully saturated rings. The molecular weight excluding hydrogens is 327 g/mol. The van der Waals surface area contributed by atoms with E-state index in [0.717, 1.165) is 43.4 Å². The second-order valence-electron chi connectivity index (χ2n) is 6.65. The van der Waals surface area contributed by atoms with E-state index in [2.05, 4.69) is 20.2 Å². The van der Waals surface area contributed by atoms with Crippen LogP contribution in [0.15, 0.2) is 23.7 Å². The van der Waals surface area contributed by atoms with Gasteiger partial charge in [-0.1, -0.05) is 0 Å². The van der Waals surface area contributed by atoms with Crippen LogP contribution in [0.4, 0.5) is 4.39 Å². The van der Waals surface area contributed by atoms with E-state index >= 15 is 0 Å². The molecule has 2 aliphatic heterocycles. The molecule has 0 radical (unpaired) electrons.